The van der Waals surface area contributed by atoms with Gasteiger partial charge in [-0.3, -0.25) is 4.79 Å². The average Bonchev–Trinajstić information content (AvgIpc) is 3.24. The van der Waals surface area contributed by atoms with Crippen LogP contribution in [0.15, 0.2) is 28.8 Å². The summed E-state index contributed by atoms with van der Waals surface area (Å²) in [5, 5.41) is 3.89. The molecule has 0 bridgehead atoms. The molecule has 0 aliphatic carbocycles. The Kier molecular flexibility index (Phi) is 5.96. The Balaban J connectivity index is 1.69. The largest absolute Gasteiger partial charge is 0.485 e. The fourth-order valence-electron chi connectivity index (χ4n) is 3.47. The number of para-hydroxylation sites is 1. The number of carbonyl (C=O) groups excluding carboxylic acids is 2. The first kappa shape index (κ1) is 19.9. The van der Waals surface area contributed by atoms with Gasteiger partial charge in [0.15, 0.2) is 11.6 Å². The molecule has 1 amide bonds. The number of benzene rings is 1. The van der Waals surface area contributed by atoms with E-state index in [4.69, 9.17) is 14.0 Å². The summed E-state index contributed by atoms with van der Waals surface area (Å²) in [7, 11) is 1.28. The fraction of sp³-hybridized carbons (Fsp3) is 0.450. The fourth-order valence-corrected chi connectivity index (χ4v) is 3.47. The van der Waals surface area contributed by atoms with E-state index in [-0.39, 0.29) is 31.0 Å². The minimum atomic E-state index is -0.751. The van der Waals surface area contributed by atoms with Crippen LogP contribution < -0.4 is 4.74 Å². The molecule has 0 spiro atoms. The van der Waals surface area contributed by atoms with Gasteiger partial charge in [0, 0.05) is 18.4 Å². The van der Waals surface area contributed by atoms with Crippen molar-refractivity contribution in [2.24, 2.45) is 0 Å². The zero-order valence-electron chi connectivity index (χ0n) is 16.1. The van der Waals surface area contributed by atoms with E-state index in [1.807, 2.05) is 6.92 Å². The molecule has 0 radical (unpaired) electrons. The summed E-state index contributed by atoms with van der Waals surface area (Å²) >= 11 is 0. The van der Waals surface area contributed by atoms with E-state index >= 15 is 0 Å². The molecule has 1 aliphatic heterocycles. The average molecular weight is 390 g/mol. The van der Waals surface area contributed by atoms with Crippen molar-refractivity contribution in [2.45, 2.75) is 45.3 Å². The molecular formula is C20H23FN2O5. The van der Waals surface area contributed by atoms with Gasteiger partial charge in [0.1, 0.15) is 17.9 Å². The highest BCUT2D eigenvalue weighted by Gasteiger charge is 2.41. The number of halogens is 1. The monoisotopic (exact) mass is 390 g/mol. The van der Waals surface area contributed by atoms with E-state index in [0.29, 0.717) is 12.2 Å². The summed E-state index contributed by atoms with van der Waals surface area (Å²) in [5.41, 5.74) is 1.64. The van der Waals surface area contributed by atoms with Crippen LogP contribution in [0.4, 0.5) is 4.39 Å². The van der Waals surface area contributed by atoms with Crippen molar-refractivity contribution < 1.29 is 28.0 Å². The van der Waals surface area contributed by atoms with Crippen molar-refractivity contribution in [1.82, 2.24) is 10.1 Å². The second kappa shape index (κ2) is 8.41. The van der Waals surface area contributed by atoms with Crippen LogP contribution in [0.5, 0.6) is 5.75 Å². The normalized spacial score (nSPS) is 18.9. The van der Waals surface area contributed by atoms with Gasteiger partial charge in [0.2, 0.25) is 5.91 Å². The highest BCUT2D eigenvalue weighted by atomic mass is 19.1. The maximum atomic E-state index is 13.9. The zero-order valence-corrected chi connectivity index (χ0v) is 16.1. The van der Waals surface area contributed by atoms with Crippen molar-refractivity contribution in [3.63, 3.8) is 0 Å². The third kappa shape index (κ3) is 4.16. The molecule has 1 aliphatic rings. The highest BCUT2D eigenvalue weighted by molar-refractivity contribution is 5.85. The van der Waals surface area contributed by atoms with Crippen molar-refractivity contribution in [1.29, 1.82) is 0 Å². The molecule has 1 fully saturated rings. The van der Waals surface area contributed by atoms with Gasteiger partial charge < -0.3 is 18.9 Å². The van der Waals surface area contributed by atoms with Crippen molar-refractivity contribution in [2.75, 3.05) is 13.7 Å². The van der Waals surface area contributed by atoms with Crippen molar-refractivity contribution in [3.8, 4) is 5.75 Å². The third-order valence-corrected chi connectivity index (χ3v) is 4.96. The molecule has 2 heterocycles. The topological polar surface area (TPSA) is 81.9 Å². The second-order valence-corrected chi connectivity index (χ2v) is 6.79. The van der Waals surface area contributed by atoms with E-state index in [1.54, 1.807) is 19.1 Å². The molecule has 2 atom stereocenters. The number of hydrogen-bond acceptors (Lipinski definition) is 6. The van der Waals surface area contributed by atoms with E-state index in [0.717, 1.165) is 11.3 Å². The Morgan fingerprint density at radius 3 is 2.71 bits per heavy atom. The molecule has 0 N–H and O–H groups in total. The predicted octanol–water partition coefficient (Wildman–Crippen LogP) is 2.58. The number of esters is 1. The lowest BCUT2D eigenvalue weighted by atomic mass is 10.1. The zero-order chi connectivity index (χ0) is 20.3. The molecule has 2 aromatic rings. The maximum Gasteiger partial charge on any atom is 0.328 e. The van der Waals surface area contributed by atoms with Crippen LogP contribution in [0, 0.1) is 19.7 Å². The highest BCUT2D eigenvalue weighted by Crippen LogP contribution is 2.26. The summed E-state index contributed by atoms with van der Waals surface area (Å²) in [6.45, 7) is 3.81. The number of rotatable bonds is 6. The summed E-state index contributed by atoms with van der Waals surface area (Å²) < 4.78 is 29.5. The van der Waals surface area contributed by atoms with E-state index < -0.39 is 23.9 Å². The number of methoxy groups -OCH3 is 1. The molecule has 8 heteroatoms. The Morgan fingerprint density at radius 2 is 2.07 bits per heavy atom. The van der Waals surface area contributed by atoms with Crippen LogP contribution >= 0.6 is 0 Å². The minimum Gasteiger partial charge on any atom is -0.485 e. The van der Waals surface area contributed by atoms with Crippen molar-refractivity contribution in [3.05, 3.63) is 47.1 Å². The molecule has 28 heavy (non-hydrogen) atoms. The van der Waals surface area contributed by atoms with Crippen LogP contribution in [0.1, 0.15) is 29.9 Å². The van der Waals surface area contributed by atoms with E-state index in [1.165, 1.54) is 24.1 Å². The Hall–Kier alpha value is -2.90. The van der Waals surface area contributed by atoms with E-state index in [2.05, 4.69) is 5.16 Å². The molecule has 150 valence electrons. The van der Waals surface area contributed by atoms with Gasteiger partial charge in [-0.25, -0.2) is 9.18 Å². The lowest BCUT2D eigenvalue weighted by molar-refractivity contribution is -0.150. The van der Waals surface area contributed by atoms with E-state index in [9.17, 15) is 14.0 Å². The molecule has 1 aromatic heterocycles. The molecule has 7 nitrogen and oxygen atoms in total. The Bertz CT molecular complexity index is 847. The standard InChI is InChI=1S/C20H23FN2O5/c1-12-15(13(2)28-22-12)8-9-19(24)23-11-14(10-17(23)20(25)26-3)27-18-7-5-4-6-16(18)21/h4-7,14,17H,8-11H2,1-3H3. The molecule has 1 saturated heterocycles. The number of carbonyl (C=O) groups is 2. The molecule has 3 rings (SSSR count). The first-order valence-electron chi connectivity index (χ1n) is 9.11. The quantitative estimate of drug-likeness (QED) is 0.705. The van der Waals surface area contributed by atoms with Gasteiger partial charge in [-0.2, -0.15) is 0 Å². The lowest BCUT2D eigenvalue weighted by Gasteiger charge is -2.22. The SMILES string of the molecule is COC(=O)C1CC(Oc2ccccc2F)CN1C(=O)CCc1c(C)noc1C. The number of hydrogen-bond donors (Lipinski definition) is 0. The number of amides is 1. The summed E-state index contributed by atoms with van der Waals surface area (Å²) in [6.07, 6.45) is 0.411. The van der Waals surface area contributed by atoms with Gasteiger partial charge in [-0.1, -0.05) is 17.3 Å². The number of likely N-dealkylation sites (tertiary alicyclic amines) is 1. The Morgan fingerprint density at radius 1 is 1.32 bits per heavy atom. The maximum absolute atomic E-state index is 13.9. The minimum absolute atomic E-state index is 0.0983. The third-order valence-electron chi connectivity index (χ3n) is 4.96. The number of aromatic nitrogens is 1. The van der Waals surface area contributed by atoms with Crippen LogP contribution in [-0.2, 0) is 20.7 Å². The van der Waals surface area contributed by atoms with Gasteiger partial charge >= 0.3 is 5.97 Å². The van der Waals surface area contributed by atoms with Crippen LogP contribution in [0.3, 0.4) is 0 Å². The van der Waals surface area contributed by atoms with Crippen LogP contribution in [-0.4, -0.2) is 47.7 Å². The molecule has 1 aromatic carbocycles. The second-order valence-electron chi connectivity index (χ2n) is 6.79. The van der Waals surface area contributed by atoms with Gasteiger partial charge in [0.05, 0.1) is 19.3 Å². The van der Waals surface area contributed by atoms with Crippen LogP contribution in [0.25, 0.3) is 0 Å². The first-order chi connectivity index (χ1) is 13.4. The first-order valence-corrected chi connectivity index (χ1v) is 9.11. The molecule has 0 saturated carbocycles. The number of ether oxygens (including phenoxy) is 2. The van der Waals surface area contributed by atoms with Gasteiger partial charge in [-0.15, -0.1) is 0 Å². The van der Waals surface area contributed by atoms with Crippen LogP contribution in [0.2, 0.25) is 0 Å². The number of aryl methyl sites for hydroxylation is 2. The lowest BCUT2D eigenvalue weighted by Crippen LogP contribution is -2.41. The van der Waals surface area contributed by atoms with Crippen molar-refractivity contribution >= 4 is 11.9 Å². The molecular weight excluding hydrogens is 367 g/mol. The molecule has 2 unspecified atom stereocenters. The summed E-state index contributed by atoms with van der Waals surface area (Å²) in [4.78, 5) is 26.4. The Labute approximate surface area is 162 Å². The summed E-state index contributed by atoms with van der Waals surface area (Å²) in [5.74, 6) is -0.418. The smallest absolute Gasteiger partial charge is 0.328 e. The van der Waals surface area contributed by atoms with Gasteiger partial charge in [-0.05, 0) is 32.4 Å². The summed E-state index contributed by atoms with van der Waals surface area (Å²) in [6, 6.07) is 5.30. The van der Waals surface area contributed by atoms with Gasteiger partial charge in [0.25, 0.3) is 0 Å². The predicted molar refractivity (Wildman–Crippen MR) is 97.2 cm³/mol. The number of nitrogens with zero attached hydrogens (tertiary/aromatic N) is 2.